The Morgan fingerprint density at radius 3 is 2.69 bits per heavy atom. The average Bonchev–Trinajstić information content (AvgIpc) is 3.23. The van der Waals surface area contributed by atoms with Gasteiger partial charge in [-0.2, -0.15) is 0 Å². The first-order valence-electron chi connectivity index (χ1n) is 9.64. The van der Waals surface area contributed by atoms with E-state index in [1.165, 1.54) is 12.3 Å². The molecule has 29 heavy (non-hydrogen) atoms. The van der Waals surface area contributed by atoms with Crippen LogP contribution >= 0.6 is 11.6 Å². The molecule has 1 aliphatic carbocycles. The molecule has 1 heterocycles. The maximum atomic E-state index is 11.3. The summed E-state index contributed by atoms with van der Waals surface area (Å²) >= 11 is 6.31. The normalized spacial score (nSPS) is 18.5. The molecule has 0 amide bonds. The second-order valence-electron chi connectivity index (χ2n) is 7.21. The summed E-state index contributed by atoms with van der Waals surface area (Å²) in [5.74, 6) is 0.485. The molecule has 1 saturated carbocycles. The number of hydrogen-bond acceptors (Lipinski definition) is 4. The largest absolute Gasteiger partial charge is 0.489 e. The molecule has 0 aliphatic heterocycles. The number of carboxylic acid groups (broad SMARTS) is 1. The van der Waals surface area contributed by atoms with Crippen molar-refractivity contribution in [1.29, 1.82) is 0 Å². The van der Waals surface area contributed by atoms with E-state index in [9.17, 15) is 9.90 Å². The Balaban J connectivity index is 1.63. The zero-order valence-corrected chi connectivity index (χ0v) is 16.5. The summed E-state index contributed by atoms with van der Waals surface area (Å²) in [6.07, 6.45) is 4.39. The molecule has 1 aliphatic rings. The number of rotatable bonds is 6. The van der Waals surface area contributed by atoms with Gasteiger partial charge in [0, 0.05) is 17.1 Å². The molecule has 148 valence electrons. The van der Waals surface area contributed by atoms with Crippen LogP contribution in [0.15, 0.2) is 60.8 Å². The maximum absolute atomic E-state index is 11.3. The number of carbonyl (C=O) groups is 1. The highest BCUT2D eigenvalue weighted by Gasteiger charge is 2.34. The van der Waals surface area contributed by atoms with Crippen LogP contribution in [0, 0.1) is 0 Å². The summed E-state index contributed by atoms with van der Waals surface area (Å²) in [6, 6.07) is 17.1. The van der Waals surface area contributed by atoms with Gasteiger partial charge < -0.3 is 9.84 Å². The van der Waals surface area contributed by atoms with Gasteiger partial charge in [0.05, 0.1) is 0 Å². The van der Waals surface area contributed by atoms with Crippen molar-refractivity contribution in [3.05, 3.63) is 88.5 Å². The second-order valence-corrected chi connectivity index (χ2v) is 7.64. The topological polar surface area (TPSA) is 72.3 Å². The van der Waals surface area contributed by atoms with E-state index in [1.54, 1.807) is 0 Å². The minimum Gasteiger partial charge on any atom is -0.489 e. The van der Waals surface area contributed by atoms with Gasteiger partial charge in [0.1, 0.15) is 18.2 Å². The molecule has 5 nitrogen and oxygen atoms in total. The number of hydrogen-bond donors (Lipinski definition) is 1. The second kappa shape index (κ2) is 8.62. The Labute approximate surface area is 174 Å². The first-order valence-corrected chi connectivity index (χ1v) is 10.0. The van der Waals surface area contributed by atoms with Gasteiger partial charge in [0.2, 0.25) is 0 Å². The zero-order chi connectivity index (χ0) is 20.2. The first-order chi connectivity index (χ1) is 14.1. The fourth-order valence-corrected chi connectivity index (χ4v) is 4.17. The summed E-state index contributed by atoms with van der Waals surface area (Å²) in [6.45, 7) is 0.470. The highest BCUT2D eigenvalue weighted by molar-refractivity contribution is 6.30. The van der Waals surface area contributed by atoms with Gasteiger partial charge in [-0.15, -0.1) is 0 Å². The van der Waals surface area contributed by atoms with Gasteiger partial charge >= 0.3 is 5.97 Å². The van der Waals surface area contributed by atoms with Crippen molar-refractivity contribution in [1.82, 2.24) is 9.97 Å². The molecule has 1 N–H and O–H groups in total. The van der Waals surface area contributed by atoms with Gasteiger partial charge in [0.15, 0.2) is 5.69 Å². The maximum Gasteiger partial charge on any atom is 0.354 e. The lowest BCUT2D eigenvalue weighted by molar-refractivity contribution is 0.0689. The smallest absolute Gasteiger partial charge is 0.354 e. The lowest BCUT2D eigenvalue weighted by Gasteiger charge is -2.22. The van der Waals surface area contributed by atoms with E-state index < -0.39 is 5.97 Å². The van der Waals surface area contributed by atoms with Crippen LogP contribution in [-0.2, 0) is 6.61 Å². The molecule has 2 unspecified atom stereocenters. The molecule has 3 aromatic rings. The van der Waals surface area contributed by atoms with Crippen LogP contribution in [-0.4, -0.2) is 21.0 Å². The summed E-state index contributed by atoms with van der Waals surface area (Å²) < 4.78 is 6.14. The molecule has 4 rings (SSSR count). The molecule has 1 fully saturated rings. The standard InChI is InChI=1S/C23H21ClN2O3/c24-16-9-10-21(29-14-15-5-2-1-3-6-15)19(13-16)17-7-4-8-18(17)22-25-12-11-20(26-22)23(27)28/h1-3,5-6,9-13,17-18H,4,7-8,14H2,(H,27,28). The number of halogens is 1. The van der Waals surface area contributed by atoms with E-state index in [4.69, 9.17) is 16.3 Å². The number of ether oxygens (including phenoxy) is 1. The van der Waals surface area contributed by atoms with Crippen molar-refractivity contribution in [2.75, 3.05) is 0 Å². The van der Waals surface area contributed by atoms with Crippen LogP contribution in [0.1, 0.15) is 58.5 Å². The quantitative estimate of drug-likeness (QED) is 0.586. The van der Waals surface area contributed by atoms with Crippen molar-refractivity contribution in [2.24, 2.45) is 0 Å². The van der Waals surface area contributed by atoms with E-state index >= 15 is 0 Å². The molecule has 0 bridgehead atoms. The lowest BCUT2D eigenvalue weighted by atomic mass is 9.87. The van der Waals surface area contributed by atoms with Gasteiger partial charge in [0.25, 0.3) is 0 Å². The van der Waals surface area contributed by atoms with Gasteiger partial charge in [-0.25, -0.2) is 14.8 Å². The summed E-state index contributed by atoms with van der Waals surface area (Å²) in [7, 11) is 0. The van der Waals surface area contributed by atoms with Crippen LogP contribution in [0.3, 0.4) is 0 Å². The molecular weight excluding hydrogens is 388 g/mol. The zero-order valence-electron chi connectivity index (χ0n) is 15.8. The Morgan fingerprint density at radius 1 is 1.10 bits per heavy atom. The van der Waals surface area contributed by atoms with Crippen molar-refractivity contribution in [2.45, 2.75) is 37.7 Å². The average molecular weight is 409 g/mol. The third kappa shape index (κ3) is 4.40. The first kappa shape index (κ1) is 19.4. The predicted molar refractivity (Wildman–Crippen MR) is 111 cm³/mol. The Hall–Kier alpha value is -2.92. The van der Waals surface area contributed by atoms with Crippen molar-refractivity contribution in [3.63, 3.8) is 0 Å². The number of aromatic nitrogens is 2. The van der Waals surface area contributed by atoms with E-state index in [1.807, 2.05) is 48.5 Å². The van der Waals surface area contributed by atoms with E-state index in [0.29, 0.717) is 17.5 Å². The number of carboxylic acids is 1. The number of benzene rings is 2. The third-order valence-electron chi connectivity index (χ3n) is 5.35. The van der Waals surface area contributed by atoms with E-state index in [-0.39, 0.29) is 17.5 Å². The Morgan fingerprint density at radius 2 is 1.90 bits per heavy atom. The third-order valence-corrected chi connectivity index (χ3v) is 5.58. The van der Waals surface area contributed by atoms with Gasteiger partial charge in [-0.1, -0.05) is 48.4 Å². The Bertz CT molecular complexity index is 1010. The minimum atomic E-state index is -1.04. The predicted octanol–water partition coefficient (Wildman–Crippen LogP) is 5.46. The number of nitrogens with zero attached hydrogens (tertiary/aromatic N) is 2. The van der Waals surface area contributed by atoms with Crippen LogP contribution in [0.2, 0.25) is 5.02 Å². The monoisotopic (exact) mass is 408 g/mol. The van der Waals surface area contributed by atoms with Crippen LogP contribution in [0.25, 0.3) is 0 Å². The van der Waals surface area contributed by atoms with Crippen LogP contribution in [0.4, 0.5) is 0 Å². The Kier molecular flexibility index (Phi) is 5.76. The molecule has 6 heteroatoms. The van der Waals surface area contributed by atoms with Crippen LogP contribution < -0.4 is 4.74 Å². The minimum absolute atomic E-state index is 0.0206. The molecule has 2 aromatic carbocycles. The highest BCUT2D eigenvalue weighted by atomic mass is 35.5. The lowest BCUT2D eigenvalue weighted by Crippen LogP contribution is -2.13. The van der Waals surface area contributed by atoms with Crippen molar-refractivity contribution >= 4 is 17.6 Å². The molecular formula is C23H21ClN2O3. The van der Waals surface area contributed by atoms with E-state index in [0.717, 1.165) is 36.1 Å². The molecule has 1 aromatic heterocycles. The molecule has 0 radical (unpaired) electrons. The fraction of sp³-hybridized carbons (Fsp3) is 0.261. The SMILES string of the molecule is O=C(O)c1ccnc(C2CCCC2c2cc(Cl)ccc2OCc2ccccc2)n1. The highest BCUT2D eigenvalue weighted by Crippen LogP contribution is 2.48. The van der Waals surface area contributed by atoms with Crippen molar-refractivity contribution < 1.29 is 14.6 Å². The van der Waals surface area contributed by atoms with Gasteiger partial charge in [-0.05, 0) is 54.2 Å². The fourth-order valence-electron chi connectivity index (χ4n) is 3.99. The summed E-state index contributed by atoms with van der Waals surface area (Å²) in [5, 5.41) is 9.92. The summed E-state index contributed by atoms with van der Waals surface area (Å²) in [5.41, 5.74) is 2.14. The van der Waals surface area contributed by atoms with Crippen LogP contribution in [0.5, 0.6) is 5.75 Å². The molecule has 0 saturated heterocycles. The molecule has 0 spiro atoms. The molecule has 2 atom stereocenters. The number of aromatic carboxylic acids is 1. The van der Waals surface area contributed by atoms with E-state index in [2.05, 4.69) is 9.97 Å². The van der Waals surface area contributed by atoms with Crippen molar-refractivity contribution in [3.8, 4) is 5.75 Å². The van der Waals surface area contributed by atoms with Gasteiger partial charge in [-0.3, -0.25) is 0 Å². The summed E-state index contributed by atoms with van der Waals surface area (Å²) in [4.78, 5) is 20.0.